The van der Waals surface area contributed by atoms with Gasteiger partial charge < -0.3 is 10.8 Å². The Kier molecular flexibility index (Phi) is 3.43. The minimum Gasteiger partial charge on any atom is -0.480 e. The average molecular weight is 246 g/mol. The number of nitrogens with two attached hydrogens (primary N) is 1. The first-order chi connectivity index (χ1) is 8.58. The zero-order valence-electron chi connectivity index (χ0n) is 9.74. The van der Waals surface area contributed by atoms with E-state index in [4.69, 9.17) is 10.8 Å². The van der Waals surface area contributed by atoms with Crippen molar-refractivity contribution in [2.75, 3.05) is 0 Å². The number of fused-ring (bicyclic) bond motifs is 1. The SMILES string of the molecule is N[C@@H](CCC(=O)n1cc2ccccc2c1)C(=O)O. The van der Waals surface area contributed by atoms with Crippen molar-refractivity contribution in [2.24, 2.45) is 5.73 Å². The van der Waals surface area contributed by atoms with Crippen LogP contribution in [-0.4, -0.2) is 27.6 Å². The van der Waals surface area contributed by atoms with Gasteiger partial charge in [-0.1, -0.05) is 24.3 Å². The van der Waals surface area contributed by atoms with Crippen LogP contribution in [0.3, 0.4) is 0 Å². The number of aromatic nitrogens is 1. The van der Waals surface area contributed by atoms with Gasteiger partial charge in [0.25, 0.3) is 0 Å². The van der Waals surface area contributed by atoms with Gasteiger partial charge in [0.2, 0.25) is 5.91 Å². The Bertz CT molecular complexity index is 556. The molecule has 0 saturated carbocycles. The Morgan fingerprint density at radius 2 is 1.78 bits per heavy atom. The quantitative estimate of drug-likeness (QED) is 0.855. The Hall–Kier alpha value is -2.14. The Morgan fingerprint density at radius 1 is 1.22 bits per heavy atom. The molecule has 0 spiro atoms. The Morgan fingerprint density at radius 3 is 2.28 bits per heavy atom. The van der Waals surface area contributed by atoms with Gasteiger partial charge in [-0.25, -0.2) is 0 Å². The molecule has 0 fully saturated rings. The van der Waals surface area contributed by atoms with E-state index >= 15 is 0 Å². The molecule has 2 rings (SSSR count). The predicted molar refractivity (Wildman–Crippen MR) is 67.4 cm³/mol. The van der Waals surface area contributed by atoms with E-state index in [1.807, 2.05) is 24.3 Å². The maximum absolute atomic E-state index is 11.9. The highest BCUT2D eigenvalue weighted by Crippen LogP contribution is 2.15. The van der Waals surface area contributed by atoms with Gasteiger partial charge >= 0.3 is 5.97 Å². The lowest BCUT2D eigenvalue weighted by molar-refractivity contribution is -0.138. The lowest BCUT2D eigenvalue weighted by Gasteiger charge is -2.05. The van der Waals surface area contributed by atoms with Crippen molar-refractivity contribution in [3.8, 4) is 0 Å². The minimum atomic E-state index is -1.08. The molecule has 94 valence electrons. The molecule has 0 unspecified atom stereocenters. The molecular weight excluding hydrogens is 232 g/mol. The largest absolute Gasteiger partial charge is 0.480 e. The molecule has 0 aliphatic heterocycles. The average Bonchev–Trinajstić information content (AvgIpc) is 2.79. The number of carboxylic acids is 1. The number of carbonyl (C=O) groups is 2. The second kappa shape index (κ2) is 5.01. The van der Waals surface area contributed by atoms with Crippen LogP contribution in [0.15, 0.2) is 36.7 Å². The first-order valence-corrected chi connectivity index (χ1v) is 5.66. The Labute approximate surface area is 104 Å². The van der Waals surface area contributed by atoms with Crippen molar-refractivity contribution in [1.82, 2.24) is 4.57 Å². The first kappa shape index (κ1) is 12.3. The fourth-order valence-corrected chi connectivity index (χ4v) is 1.76. The standard InChI is InChI=1S/C13H14N2O3/c14-11(13(17)18)5-6-12(16)15-7-9-3-1-2-4-10(9)8-15/h1-4,7-8,11H,5-6,14H2,(H,17,18)/t11-/m0/s1. The van der Waals surface area contributed by atoms with Crippen molar-refractivity contribution < 1.29 is 14.7 Å². The maximum Gasteiger partial charge on any atom is 0.320 e. The summed E-state index contributed by atoms with van der Waals surface area (Å²) in [7, 11) is 0. The number of carboxylic acid groups (broad SMARTS) is 1. The second-order valence-electron chi connectivity index (χ2n) is 4.17. The van der Waals surface area contributed by atoms with Crippen molar-refractivity contribution in [2.45, 2.75) is 18.9 Å². The van der Waals surface area contributed by atoms with Crippen LogP contribution in [0.4, 0.5) is 0 Å². The van der Waals surface area contributed by atoms with E-state index in [1.54, 1.807) is 12.4 Å². The minimum absolute atomic E-state index is 0.119. The van der Waals surface area contributed by atoms with Gasteiger partial charge in [-0.15, -0.1) is 0 Å². The summed E-state index contributed by atoms with van der Waals surface area (Å²) in [5.41, 5.74) is 5.36. The van der Waals surface area contributed by atoms with Gasteiger partial charge in [0, 0.05) is 18.8 Å². The highest BCUT2D eigenvalue weighted by molar-refractivity contribution is 5.89. The molecule has 0 bridgehead atoms. The fraction of sp³-hybridized carbons (Fsp3) is 0.231. The van der Waals surface area contributed by atoms with E-state index in [-0.39, 0.29) is 18.7 Å². The van der Waals surface area contributed by atoms with Gasteiger partial charge in [-0.3, -0.25) is 14.2 Å². The summed E-state index contributed by atoms with van der Waals surface area (Å²) < 4.78 is 1.49. The number of benzene rings is 1. The highest BCUT2D eigenvalue weighted by Gasteiger charge is 2.14. The molecule has 1 atom stereocenters. The molecule has 5 nitrogen and oxygen atoms in total. The summed E-state index contributed by atoms with van der Waals surface area (Å²) in [6.07, 6.45) is 3.74. The molecule has 0 aliphatic rings. The summed E-state index contributed by atoms with van der Waals surface area (Å²) in [5, 5.41) is 10.6. The Balaban J connectivity index is 2.07. The number of hydrogen-bond acceptors (Lipinski definition) is 3. The summed E-state index contributed by atoms with van der Waals surface area (Å²) in [4.78, 5) is 22.4. The zero-order valence-corrected chi connectivity index (χ0v) is 9.74. The van der Waals surface area contributed by atoms with E-state index in [9.17, 15) is 9.59 Å². The van der Waals surface area contributed by atoms with Crippen molar-refractivity contribution >= 4 is 22.6 Å². The van der Waals surface area contributed by atoms with Crippen molar-refractivity contribution in [1.29, 1.82) is 0 Å². The topological polar surface area (TPSA) is 85.3 Å². The third-order valence-electron chi connectivity index (χ3n) is 2.83. The molecule has 1 heterocycles. The molecule has 5 heteroatoms. The van der Waals surface area contributed by atoms with E-state index in [0.717, 1.165) is 10.8 Å². The maximum atomic E-state index is 11.9. The highest BCUT2D eigenvalue weighted by atomic mass is 16.4. The van der Waals surface area contributed by atoms with Crippen LogP contribution in [0.5, 0.6) is 0 Å². The van der Waals surface area contributed by atoms with Crippen LogP contribution < -0.4 is 5.73 Å². The fourth-order valence-electron chi connectivity index (χ4n) is 1.76. The van der Waals surface area contributed by atoms with Gasteiger partial charge in [0.15, 0.2) is 0 Å². The van der Waals surface area contributed by atoms with Gasteiger partial charge in [-0.05, 0) is 17.2 Å². The lowest BCUT2D eigenvalue weighted by atomic mass is 10.1. The third-order valence-corrected chi connectivity index (χ3v) is 2.83. The molecule has 3 N–H and O–H groups in total. The van der Waals surface area contributed by atoms with Gasteiger partial charge in [-0.2, -0.15) is 0 Å². The van der Waals surface area contributed by atoms with Gasteiger partial charge in [0.05, 0.1) is 0 Å². The second-order valence-corrected chi connectivity index (χ2v) is 4.17. The summed E-state index contributed by atoms with van der Waals surface area (Å²) in [6, 6.07) is 6.65. The predicted octanol–water partition coefficient (Wildman–Crippen LogP) is 1.47. The number of rotatable bonds is 4. The molecule has 1 aromatic heterocycles. The third kappa shape index (κ3) is 2.57. The van der Waals surface area contributed by atoms with Crippen LogP contribution in [-0.2, 0) is 4.79 Å². The first-order valence-electron chi connectivity index (χ1n) is 5.66. The lowest BCUT2D eigenvalue weighted by Crippen LogP contribution is -2.31. The molecule has 0 saturated heterocycles. The van der Waals surface area contributed by atoms with E-state index in [2.05, 4.69) is 0 Å². The summed E-state index contributed by atoms with van der Waals surface area (Å²) in [5.74, 6) is -1.23. The molecule has 2 aromatic rings. The van der Waals surface area contributed by atoms with Crippen LogP contribution in [0.1, 0.15) is 17.6 Å². The molecule has 0 aliphatic carbocycles. The van der Waals surface area contributed by atoms with Crippen molar-refractivity contribution in [3.63, 3.8) is 0 Å². The van der Waals surface area contributed by atoms with Crippen LogP contribution in [0.25, 0.3) is 10.8 Å². The normalized spacial score (nSPS) is 12.5. The number of carbonyl (C=O) groups excluding carboxylic acids is 1. The van der Waals surface area contributed by atoms with E-state index in [0.29, 0.717) is 0 Å². The molecule has 1 aromatic carbocycles. The monoisotopic (exact) mass is 246 g/mol. The van der Waals surface area contributed by atoms with E-state index < -0.39 is 12.0 Å². The van der Waals surface area contributed by atoms with Gasteiger partial charge in [0.1, 0.15) is 6.04 Å². The summed E-state index contributed by atoms with van der Waals surface area (Å²) >= 11 is 0. The van der Waals surface area contributed by atoms with E-state index in [1.165, 1.54) is 4.57 Å². The number of nitrogens with zero attached hydrogens (tertiary/aromatic N) is 1. The van der Waals surface area contributed by atoms with Crippen LogP contribution >= 0.6 is 0 Å². The van der Waals surface area contributed by atoms with Crippen molar-refractivity contribution in [3.05, 3.63) is 36.7 Å². The smallest absolute Gasteiger partial charge is 0.320 e. The molecule has 0 radical (unpaired) electrons. The molecule has 0 amide bonds. The van der Waals surface area contributed by atoms with Crippen LogP contribution in [0, 0.1) is 0 Å². The molecule has 18 heavy (non-hydrogen) atoms. The number of aliphatic carboxylic acids is 1. The molecular formula is C13H14N2O3. The zero-order chi connectivity index (χ0) is 13.1. The summed E-state index contributed by atoms with van der Waals surface area (Å²) in [6.45, 7) is 0. The van der Waals surface area contributed by atoms with Crippen LogP contribution in [0.2, 0.25) is 0 Å². The number of hydrogen-bond donors (Lipinski definition) is 2.